The van der Waals surface area contributed by atoms with Crippen LogP contribution in [0.3, 0.4) is 0 Å². The zero-order valence-corrected chi connectivity index (χ0v) is 16.5. The van der Waals surface area contributed by atoms with Crippen molar-refractivity contribution in [2.24, 2.45) is 5.92 Å². The highest BCUT2D eigenvalue weighted by molar-refractivity contribution is 6.03. The predicted octanol–water partition coefficient (Wildman–Crippen LogP) is 3.45. The lowest BCUT2D eigenvalue weighted by Gasteiger charge is -2.28. The number of rotatable bonds is 6. The SMILES string of the molecule is CCN(CC)C(=O)c1ccccc1NC(=O)CC1CC2CCC(C1)N2.Cl. The van der Waals surface area contributed by atoms with E-state index in [1.807, 2.05) is 32.0 Å². The van der Waals surface area contributed by atoms with Crippen molar-refractivity contribution in [1.29, 1.82) is 0 Å². The molecule has 1 aromatic rings. The third-order valence-corrected chi connectivity index (χ3v) is 5.53. The Hall–Kier alpha value is -1.59. The van der Waals surface area contributed by atoms with Crippen molar-refractivity contribution in [1.82, 2.24) is 10.2 Å². The number of piperidine rings is 1. The van der Waals surface area contributed by atoms with Crippen molar-refractivity contribution in [3.8, 4) is 0 Å². The highest BCUT2D eigenvalue weighted by Gasteiger charge is 2.34. The van der Waals surface area contributed by atoms with Crippen LogP contribution >= 0.6 is 12.4 Å². The molecule has 2 heterocycles. The summed E-state index contributed by atoms with van der Waals surface area (Å²) < 4.78 is 0. The van der Waals surface area contributed by atoms with Crippen LogP contribution in [0.15, 0.2) is 24.3 Å². The molecule has 2 unspecified atom stereocenters. The molecular formula is C20H30ClN3O2. The lowest BCUT2D eigenvalue weighted by Crippen LogP contribution is -2.39. The van der Waals surface area contributed by atoms with Gasteiger partial charge < -0.3 is 15.5 Å². The van der Waals surface area contributed by atoms with Crippen LogP contribution in [-0.4, -0.2) is 41.9 Å². The summed E-state index contributed by atoms with van der Waals surface area (Å²) in [6.45, 7) is 5.26. The van der Waals surface area contributed by atoms with E-state index in [2.05, 4.69) is 10.6 Å². The first-order chi connectivity index (χ1) is 12.1. The molecule has 2 amide bonds. The molecule has 2 aliphatic heterocycles. The van der Waals surface area contributed by atoms with E-state index in [0.29, 0.717) is 48.8 Å². The van der Waals surface area contributed by atoms with Crippen molar-refractivity contribution in [2.45, 2.75) is 58.0 Å². The largest absolute Gasteiger partial charge is 0.339 e. The van der Waals surface area contributed by atoms with Crippen molar-refractivity contribution < 1.29 is 9.59 Å². The van der Waals surface area contributed by atoms with E-state index in [1.54, 1.807) is 11.0 Å². The molecule has 1 aromatic carbocycles. The number of amides is 2. The van der Waals surface area contributed by atoms with E-state index in [9.17, 15) is 9.59 Å². The normalized spacial score (nSPS) is 23.8. The Labute approximate surface area is 162 Å². The maximum absolute atomic E-state index is 12.7. The molecule has 0 radical (unpaired) electrons. The van der Waals surface area contributed by atoms with Crippen molar-refractivity contribution in [3.05, 3.63) is 29.8 Å². The van der Waals surface area contributed by atoms with Gasteiger partial charge in [-0.05, 0) is 57.6 Å². The van der Waals surface area contributed by atoms with E-state index in [0.717, 1.165) is 12.8 Å². The van der Waals surface area contributed by atoms with Crippen molar-refractivity contribution in [3.63, 3.8) is 0 Å². The second kappa shape index (κ2) is 9.38. The fourth-order valence-corrected chi connectivity index (χ4v) is 4.26. The number of nitrogens with zero attached hydrogens (tertiary/aromatic N) is 1. The minimum absolute atomic E-state index is 0. The van der Waals surface area contributed by atoms with Gasteiger partial charge in [0.1, 0.15) is 0 Å². The maximum Gasteiger partial charge on any atom is 0.255 e. The second-order valence-corrected chi connectivity index (χ2v) is 7.25. The molecule has 144 valence electrons. The van der Waals surface area contributed by atoms with E-state index in [1.165, 1.54) is 12.8 Å². The average molecular weight is 380 g/mol. The van der Waals surface area contributed by atoms with E-state index in [-0.39, 0.29) is 24.2 Å². The monoisotopic (exact) mass is 379 g/mol. The Kier molecular flexibility index (Phi) is 7.47. The standard InChI is InChI=1S/C20H29N3O2.ClH/c1-3-23(4-2)20(25)17-7-5-6-8-18(17)22-19(24)13-14-11-15-9-10-16(12-14)21-15;/h5-8,14-16,21H,3-4,9-13H2,1-2H3,(H,22,24);1H. The molecule has 3 rings (SSSR count). The number of carbonyl (C=O) groups is 2. The molecule has 2 atom stereocenters. The first kappa shape index (κ1) is 20.7. The van der Waals surface area contributed by atoms with Crippen LogP contribution in [0.1, 0.15) is 56.3 Å². The van der Waals surface area contributed by atoms with Gasteiger partial charge in [0.25, 0.3) is 5.91 Å². The topological polar surface area (TPSA) is 61.4 Å². The first-order valence-corrected chi connectivity index (χ1v) is 9.54. The third kappa shape index (κ3) is 4.77. The summed E-state index contributed by atoms with van der Waals surface area (Å²) >= 11 is 0. The predicted molar refractivity (Wildman–Crippen MR) is 107 cm³/mol. The molecule has 5 nitrogen and oxygen atoms in total. The molecular weight excluding hydrogens is 350 g/mol. The van der Waals surface area contributed by atoms with Gasteiger partial charge in [0.2, 0.25) is 5.91 Å². The van der Waals surface area contributed by atoms with Gasteiger partial charge in [-0.15, -0.1) is 12.4 Å². The number of hydrogen-bond acceptors (Lipinski definition) is 3. The fraction of sp³-hybridized carbons (Fsp3) is 0.600. The van der Waals surface area contributed by atoms with Crippen molar-refractivity contribution >= 4 is 29.9 Å². The van der Waals surface area contributed by atoms with Crippen LogP contribution in [0.5, 0.6) is 0 Å². The molecule has 0 saturated carbocycles. The van der Waals surface area contributed by atoms with Gasteiger partial charge in [-0.3, -0.25) is 9.59 Å². The van der Waals surface area contributed by atoms with Crippen LogP contribution < -0.4 is 10.6 Å². The molecule has 6 heteroatoms. The van der Waals surface area contributed by atoms with Crippen LogP contribution in [0, 0.1) is 5.92 Å². The molecule has 26 heavy (non-hydrogen) atoms. The minimum atomic E-state index is -0.0270. The molecule has 2 aliphatic rings. The second-order valence-electron chi connectivity index (χ2n) is 7.25. The Morgan fingerprint density at radius 3 is 2.35 bits per heavy atom. The zero-order valence-electron chi connectivity index (χ0n) is 15.7. The van der Waals surface area contributed by atoms with Crippen LogP contribution in [0.2, 0.25) is 0 Å². The van der Waals surface area contributed by atoms with Crippen LogP contribution in [-0.2, 0) is 4.79 Å². The molecule has 2 fully saturated rings. The Morgan fingerprint density at radius 2 is 1.73 bits per heavy atom. The number of hydrogen-bond donors (Lipinski definition) is 2. The lowest BCUT2D eigenvalue weighted by molar-refractivity contribution is -0.117. The number of benzene rings is 1. The van der Waals surface area contributed by atoms with Crippen molar-refractivity contribution in [2.75, 3.05) is 18.4 Å². The lowest BCUT2D eigenvalue weighted by atomic mass is 9.89. The van der Waals surface area contributed by atoms with Gasteiger partial charge in [-0.25, -0.2) is 0 Å². The van der Waals surface area contributed by atoms with Crippen LogP contribution in [0.4, 0.5) is 5.69 Å². The van der Waals surface area contributed by atoms with E-state index < -0.39 is 0 Å². The Balaban J connectivity index is 0.00000243. The summed E-state index contributed by atoms with van der Waals surface area (Å²) in [6, 6.07) is 8.50. The van der Waals surface area contributed by atoms with E-state index in [4.69, 9.17) is 0 Å². The van der Waals surface area contributed by atoms with Gasteiger partial charge in [0, 0.05) is 31.6 Å². The molecule has 2 N–H and O–H groups in total. The summed E-state index contributed by atoms with van der Waals surface area (Å²) in [4.78, 5) is 27.0. The number of fused-ring (bicyclic) bond motifs is 2. The van der Waals surface area contributed by atoms with Gasteiger partial charge in [-0.2, -0.15) is 0 Å². The maximum atomic E-state index is 12.7. The molecule has 2 bridgehead atoms. The summed E-state index contributed by atoms with van der Waals surface area (Å²) in [6.07, 6.45) is 5.20. The Bertz CT molecular complexity index is 621. The first-order valence-electron chi connectivity index (χ1n) is 9.54. The third-order valence-electron chi connectivity index (χ3n) is 5.53. The van der Waals surface area contributed by atoms with Crippen LogP contribution in [0.25, 0.3) is 0 Å². The average Bonchev–Trinajstić information content (AvgIpc) is 2.94. The number of para-hydroxylation sites is 1. The fourth-order valence-electron chi connectivity index (χ4n) is 4.26. The summed E-state index contributed by atoms with van der Waals surface area (Å²) in [5, 5.41) is 6.60. The number of halogens is 1. The zero-order chi connectivity index (χ0) is 17.8. The van der Waals surface area contributed by atoms with Gasteiger partial charge >= 0.3 is 0 Å². The smallest absolute Gasteiger partial charge is 0.255 e. The van der Waals surface area contributed by atoms with Gasteiger partial charge in [0.15, 0.2) is 0 Å². The molecule has 2 saturated heterocycles. The quantitative estimate of drug-likeness (QED) is 0.795. The minimum Gasteiger partial charge on any atom is -0.339 e. The van der Waals surface area contributed by atoms with E-state index >= 15 is 0 Å². The number of anilines is 1. The van der Waals surface area contributed by atoms with Gasteiger partial charge in [-0.1, -0.05) is 12.1 Å². The Morgan fingerprint density at radius 1 is 1.12 bits per heavy atom. The molecule has 0 spiro atoms. The summed E-state index contributed by atoms with van der Waals surface area (Å²) in [7, 11) is 0. The number of nitrogens with one attached hydrogen (secondary N) is 2. The van der Waals surface area contributed by atoms with Gasteiger partial charge in [0.05, 0.1) is 11.3 Å². The summed E-state index contributed by atoms with van der Waals surface area (Å²) in [5.74, 6) is 0.441. The molecule has 0 aliphatic carbocycles. The summed E-state index contributed by atoms with van der Waals surface area (Å²) in [5.41, 5.74) is 1.20. The highest BCUT2D eigenvalue weighted by Crippen LogP contribution is 2.33. The highest BCUT2D eigenvalue weighted by atomic mass is 35.5. The molecule has 0 aromatic heterocycles. The number of carbonyl (C=O) groups excluding carboxylic acids is 2.